The van der Waals surface area contributed by atoms with Crippen molar-refractivity contribution in [2.45, 2.75) is 6.92 Å². The summed E-state index contributed by atoms with van der Waals surface area (Å²) in [7, 11) is -2.99. The van der Waals surface area contributed by atoms with Crippen molar-refractivity contribution in [3.63, 3.8) is 0 Å². The zero-order valence-corrected chi connectivity index (χ0v) is 8.22. The van der Waals surface area contributed by atoms with Crippen molar-refractivity contribution in [2.75, 3.05) is 11.7 Å². The molecule has 0 amide bonds. The van der Waals surface area contributed by atoms with Crippen LogP contribution < -0.4 is 5.48 Å². The zero-order chi connectivity index (χ0) is 9.90. The lowest BCUT2D eigenvalue weighted by Crippen LogP contribution is -2.08. The van der Waals surface area contributed by atoms with Crippen LogP contribution in [0.5, 0.6) is 0 Å². The molecule has 0 aliphatic carbocycles. The molecule has 1 aromatic heterocycles. The molecule has 1 unspecified atom stereocenters. The summed E-state index contributed by atoms with van der Waals surface area (Å²) in [6, 6.07) is 3.56. The molecule has 1 rings (SSSR count). The van der Waals surface area contributed by atoms with Crippen LogP contribution in [0.1, 0.15) is 5.56 Å². The Balaban J connectivity index is 2.65. The highest BCUT2D eigenvalue weighted by atomic mass is 32.2. The third-order valence-corrected chi connectivity index (χ3v) is 1.62. The van der Waals surface area contributed by atoms with Crippen molar-refractivity contribution < 1.29 is 8.49 Å². The molecule has 5 nitrogen and oxygen atoms in total. The number of hydrogen-bond acceptors (Lipinski definition) is 5. The third kappa shape index (κ3) is 3.86. The third-order valence-electron chi connectivity index (χ3n) is 1.22. The van der Waals surface area contributed by atoms with Gasteiger partial charge < -0.3 is 0 Å². The summed E-state index contributed by atoms with van der Waals surface area (Å²) in [6.07, 6.45) is 2.78. The first kappa shape index (κ1) is 9.94. The predicted molar refractivity (Wildman–Crippen MR) is 50.5 cm³/mol. The largest absolute Gasteiger partial charge is 0.237 e. The van der Waals surface area contributed by atoms with E-state index < -0.39 is 10.0 Å². The zero-order valence-electron chi connectivity index (χ0n) is 7.40. The minimum atomic E-state index is -2.99. The average Bonchev–Trinajstić information content (AvgIpc) is 2.00. The molecule has 0 radical (unpaired) electrons. The summed E-state index contributed by atoms with van der Waals surface area (Å²) >= 11 is 0. The Morgan fingerprint density at radius 3 is 2.92 bits per heavy atom. The van der Waals surface area contributed by atoms with Gasteiger partial charge in [-0.25, -0.2) is 19.5 Å². The fraction of sp³-hybridized carbons (Fsp3) is 0.286. The van der Waals surface area contributed by atoms with Crippen LogP contribution in [-0.2, 0) is 14.3 Å². The van der Waals surface area contributed by atoms with Crippen LogP contribution in [0.4, 0.5) is 5.82 Å². The highest BCUT2D eigenvalue weighted by Crippen LogP contribution is 2.05. The van der Waals surface area contributed by atoms with Crippen molar-refractivity contribution in [2.24, 2.45) is 0 Å². The quantitative estimate of drug-likeness (QED) is 0.723. The Morgan fingerprint density at radius 2 is 2.38 bits per heavy atom. The number of aryl methyl sites for hydroxylation is 1. The van der Waals surface area contributed by atoms with E-state index in [-0.39, 0.29) is 0 Å². The molecule has 0 aliphatic rings. The van der Waals surface area contributed by atoms with Gasteiger partial charge in [0.2, 0.25) is 0 Å². The van der Waals surface area contributed by atoms with E-state index in [0.717, 1.165) is 5.56 Å². The summed E-state index contributed by atoms with van der Waals surface area (Å²) in [5.41, 5.74) is 3.36. The Kier molecular flexibility index (Phi) is 2.84. The van der Waals surface area contributed by atoms with E-state index in [4.69, 9.17) is 4.78 Å². The van der Waals surface area contributed by atoms with Crippen molar-refractivity contribution >= 4 is 15.8 Å². The van der Waals surface area contributed by atoms with Gasteiger partial charge in [-0.3, -0.25) is 0 Å². The van der Waals surface area contributed by atoms with E-state index >= 15 is 0 Å². The minimum Gasteiger partial charge on any atom is -0.237 e. The van der Waals surface area contributed by atoms with Gasteiger partial charge in [0.05, 0.1) is 0 Å². The Labute approximate surface area is 77.3 Å². The Hall–Kier alpha value is -1.14. The summed E-state index contributed by atoms with van der Waals surface area (Å²) < 4.78 is 22.3. The van der Waals surface area contributed by atoms with Crippen LogP contribution >= 0.6 is 0 Å². The molecule has 6 heteroatoms. The van der Waals surface area contributed by atoms with Gasteiger partial charge in [0.1, 0.15) is 0 Å². The Morgan fingerprint density at radius 1 is 1.69 bits per heavy atom. The lowest BCUT2D eigenvalue weighted by molar-refractivity contribution is 0.426. The minimum absolute atomic E-state index is 0.446. The topological polar surface area (TPSA) is 75.1 Å². The van der Waals surface area contributed by atoms with Gasteiger partial charge >= 0.3 is 0 Å². The number of pyridine rings is 1. The normalized spacial score (nSPS) is 14.9. The fourth-order valence-corrected chi connectivity index (χ4v) is 0.959. The predicted octanol–water partition coefficient (Wildman–Crippen LogP) is 1.33. The summed E-state index contributed by atoms with van der Waals surface area (Å²) in [6.45, 7) is 1.90. The molecule has 1 aromatic rings. The smallest absolute Gasteiger partial charge is 0.179 e. The molecular formula is C7H11N3O2S. The van der Waals surface area contributed by atoms with Crippen LogP contribution in [0.15, 0.2) is 18.3 Å². The van der Waals surface area contributed by atoms with Gasteiger partial charge in [-0.2, -0.15) is 4.28 Å². The van der Waals surface area contributed by atoms with E-state index in [1.807, 2.05) is 13.0 Å². The molecule has 0 aromatic carbocycles. The molecule has 0 saturated heterocycles. The molecule has 1 atom stereocenters. The van der Waals surface area contributed by atoms with E-state index in [0.29, 0.717) is 5.82 Å². The number of nitrogens with one attached hydrogen (secondary N) is 2. The van der Waals surface area contributed by atoms with E-state index in [1.54, 1.807) is 12.3 Å². The summed E-state index contributed by atoms with van der Waals surface area (Å²) in [5.74, 6) is 0.446. The standard InChI is InChI=1S/C7H11N3O2S/c1-6-3-4-9-7(5-6)10-12-13(2,8)11/h3-5,8H,1-2H3,(H,9,10). The monoisotopic (exact) mass is 201 g/mol. The van der Waals surface area contributed by atoms with Gasteiger partial charge in [0.25, 0.3) is 0 Å². The fourth-order valence-electron chi connectivity index (χ4n) is 0.714. The van der Waals surface area contributed by atoms with E-state index in [1.165, 1.54) is 6.26 Å². The molecule has 2 N–H and O–H groups in total. The van der Waals surface area contributed by atoms with Gasteiger partial charge in [-0.05, 0) is 24.6 Å². The second-order valence-corrected chi connectivity index (χ2v) is 4.39. The first-order chi connectivity index (χ1) is 5.97. The second-order valence-electron chi connectivity index (χ2n) is 2.68. The first-order valence-corrected chi connectivity index (χ1v) is 5.47. The van der Waals surface area contributed by atoms with Gasteiger partial charge in [-0.15, -0.1) is 0 Å². The summed E-state index contributed by atoms with van der Waals surface area (Å²) in [5, 5.41) is 0. The van der Waals surface area contributed by atoms with Gasteiger partial charge in [-0.1, -0.05) is 0 Å². The molecule has 13 heavy (non-hydrogen) atoms. The van der Waals surface area contributed by atoms with Crippen LogP contribution in [0.25, 0.3) is 0 Å². The molecule has 0 fully saturated rings. The van der Waals surface area contributed by atoms with Crippen LogP contribution in [0.3, 0.4) is 0 Å². The van der Waals surface area contributed by atoms with Crippen molar-refractivity contribution in [1.29, 1.82) is 4.78 Å². The molecule has 0 aliphatic heterocycles. The van der Waals surface area contributed by atoms with E-state index in [9.17, 15) is 4.21 Å². The van der Waals surface area contributed by atoms with Crippen molar-refractivity contribution in [3.05, 3.63) is 23.9 Å². The molecule has 0 saturated carbocycles. The SMILES string of the molecule is Cc1ccnc(NOS(C)(=N)=O)c1. The van der Waals surface area contributed by atoms with Crippen LogP contribution in [-0.4, -0.2) is 15.4 Å². The Bertz CT molecular complexity index is 388. The average molecular weight is 201 g/mol. The highest BCUT2D eigenvalue weighted by molar-refractivity contribution is 7.87. The maximum absolute atomic E-state index is 10.8. The first-order valence-electron chi connectivity index (χ1n) is 3.58. The van der Waals surface area contributed by atoms with Crippen LogP contribution in [0, 0.1) is 11.7 Å². The second kappa shape index (κ2) is 3.71. The molecule has 0 bridgehead atoms. The lowest BCUT2D eigenvalue weighted by Gasteiger charge is -2.04. The summed E-state index contributed by atoms with van der Waals surface area (Å²) in [4.78, 5) is 3.90. The molecule has 72 valence electrons. The van der Waals surface area contributed by atoms with Crippen molar-refractivity contribution in [3.8, 4) is 0 Å². The number of rotatable bonds is 3. The maximum Gasteiger partial charge on any atom is 0.179 e. The molecular weight excluding hydrogens is 190 g/mol. The highest BCUT2D eigenvalue weighted by Gasteiger charge is 1.98. The number of hydrogen-bond donors (Lipinski definition) is 2. The number of nitrogens with zero attached hydrogens (tertiary/aromatic N) is 1. The number of anilines is 1. The maximum atomic E-state index is 10.8. The van der Waals surface area contributed by atoms with Gasteiger partial charge in [0, 0.05) is 12.5 Å². The van der Waals surface area contributed by atoms with E-state index in [2.05, 4.69) is 14.7 Å². The van der Waals surface area contributed by atoms with Gasteiger partial charge in [0.15, 0.2) is 15.8 Å². The molecule has 1 heterocycles. The van der Waals surface area contributed by atoms with Crippen LogP contribution in [0.2, 0.25) is 0 Å². The molecule has 0 spiro atoms. The van der Waals surface area contributed by atoms with Crippen molar-refractivity contribution in [1.82, 2.24) is 4.98 Å². The number of aromatic nitrogens is 1. The lowest BCUT2D eigenvalue weighted by atomic mass is 10.3.